The van der Waals surface area contributed by atoms with Gasteiger partial charge in [0, 0.05) is 0 Å². The number of anilines is 1. The Labute approximate surface area is 93.2 Å². The van der Waals surface area contributed by atoms with E-state index in [0.717, 1.165) is 18.5 Å². The van der Waals surface area contributed by atoms with Crippen molar-refractivity contribution in [3.8, 4) is 5.88 Å². The van der Waals surface area contributed by atoms with E-state index in [1.165, 1.54) is 19.3 Å². The number of ether oxygens (including phenoxy) is 1. The molecular weight excluding hydrogens is 211 g/mol. The standard InChI is InChI=1S/C10H15FN4O/c11-8-6-13-10(15-12)14-9(8)16-5-4-7-2-1-3-7/h6-7H,1-5,12H2,(H,13,14,15). The fourth-order valence-corrected chi connectivity index (χ4v) is 1.63. The second kappa shape index (κ2) is 5.07. The molecule has 2 rings (SSSR count). The normalized spacial score (nSPS) is 15.6. The lowest BCUT2D eigenvalue weighted by atomic mass is 9.83. The molecule has 88 valence electrons. The predicted octanol–water partition coefficient (Wildman–Crippen LogP) is 1.47. The van der Waals surface area contributed by atoms with E-state index in [2.05, 4.69) is 15.4 Å². The van der Waals surface area contributed by atoms with Crippen molar-refractivity contribution in [1.29, 1.82) is 0 Å². The van der Waals surface area contributed by atoms with Gasteiger partial charge in [0.1, 0.15) is 0 Å². The van der Waals surface area contributed by atoms with Gasteiger partial charge in [-0.05, 0) is 12.3 Å². The molecule has 1 fully saturated rings. The number of hydrogen-bond acceptors (Lipinski definition) is 5. The van der Waals surface area contributed by atoms with Crippen molar-refractivity contribution in [3.05, 3.63) is 12.0 Å². The van der Waals surface area contributed by atoms with Gasteiger partial charge in [0.25, 0.3) is 5.88 Å². The van der Waals surface area contributed by atoms with Gasteiger partial charge in [-0.1, -0.05) is 19.3 Å². The van der Waals surface area contributed by atoms with Gasteiger partial charge < -0.3 is 4.74 Å². The number of aromatic nitrogens is 2. The van der Waals surface area contributed by atoms with Crippen molar-refractivity contribution in [1.82, 2.24) is 9.97 Å². The molecule has 1 aromatic rings. The summed E-state index contributed by atoms with van der Waals surface area (Å²) < 4.78 is 18.5. The predicted molar refractivity (Wildman–Crippen MR) is 57.3 cm³/mol. The number of hydrazine groups is 1. The quantitative estimate of drug-likeness (QED) is 0.587. The van der Waals surface area contributed by atoms with Crippen LogP contribution >= 0.6 is 0 Å². The van der Waals surface area contributed by atoms with E-state index in [0.29, 0.717) is 6.61 Å². The summed E-state index contributed by atoms with van der Waals surface area (Å²) in [6, 6.07) is 0. The third-order valence-electron chi connectivity index (χ3n) is 2.83. The van der Waals surface area contributed by atoms with E-state index in [9.17, 15) is 4.39 Å². The molecule has 16 heavy (non-hydrogen) atoms. The first-order valence-electron chi connectivity index (χ1n) is 5.41. The van der Waals surface area contributed by atoms with Crippen LogP contribution in [-0.4, -0.2) is 16.6 Å². The Balaban J connectivity index is 1.86. The molecule has 0 amide bonds. The monoisotopic (exact) mass is 226 g/mol. The SMILES string of the molecule is NNc1ncc(F)c(OCCC2CCC2)n1. The van der Waals surface area contributed by atoms with Gasteiger partial charge in [-0.15, -0.1) is 0 Å². The number of rotatable bonds is 5. The zero-order valence-corrected chi connectivity index (χ0v) is 8.95. The minimum Gasteiger partial charge on any atom is -0.475 e. The molecule has 5 nitrogen and oxygen atoms in total. The van der Waals surface area contributed by atoms with E-state index >= 15 is 0 Å². The first kappa shape index (κ1) is 11.1. The minimum atomic E-state index is -0.562. The van der Waals surface area contributed by atoms with Gasteiger partial charge in [0.15, 0.2) is 0 Å². The number of nitrogens with one attached hydrogen (secondary N) is 1. The van der Waals surface area contributed by atoms with Gasteiger partial charge in [-0.25, -0.2) is 10.8 Å². The fraction of sp³-hybridized carbons (Fsp3) is 0.600. The zero-order chi connectivity index (χ0) is 11.4. The van der Waals surface area contributed by atoms with Crippen LogP contribution in [-0.2, 0) is 0 Å². The number of nitrogen functional groups attached to an aromatic ring is 1. The maximum absolute atomic E-state index is 13.2. The van der Waals surface area contributed by atoms with Gasteiger partial charge >= 0.3 is 0 Å². The second-order valence-corrected chi connectivity index (χ2v) is 3.93. The Morgan fingerprint density at radius 3 is 3.00 bits per heavy atom. The summed E-state index contributed by atoms with van der Waals surface area (Å²) in [5.74, 6) is 5.41. The molecule has 0 radical (unpaired) electrons. The molecule has 0 unspecified atom stereocenters. The number of halogens is 1. The number of nitrogens with zero attached hydrogens (tertiary/aromatic N) is 2. The molecule has 1 aliphatic carbocycles. The molecule has 1 aromatic heterocycles. The molecule has 0 atom stereocenters. The minimum absolute atomic E-state index is 0.0396. The maximum atomic E-state index is 13.2. The van der Waals surface area contributed by atoms with Crippen LogP contribution in [0.1, 0.15) is 25.7 Å². The molecule has 0 aromatic carbocycles. The highest BCUT2D eigenvalue weighted by molar-refractivity contribution is 5.26. The first-order valence-corrected chi connectivity index (χ1v) is 5.41. The Morgan fingerprint density at radius 1 is 1.56 bits per heavy atom. The van der Waals surface area contributed by atoms with Crippen molar-refractivity contribution in [2.24, 2.45) is 11.8 Å². The topological polar surface area (TPSA) is 73.1 Å². The highest BCUT2D eigenvalue weighted by Crippen LogP contribution is 2.29. The van der Waals surface area contributed by atoms with E-state index in [-0.39, 0.29) is 11.8 Å². The van der Waals surface area contributed by atoms with E-state index in [4.69, 9.17) is 10.6 Å². The van der Waals surface area contributed by atoms with E-state index in [1.54, 1.807) is 0 Å². The molecular formula is C10H15FN4O. The largest absolute Gasteiger partial charge is 0.475 e. The third-order valence-corrected chi connectivity index (χ3v) is 2.83. The Morgan fingerprint density at radius 2 is 2.38 bits per heavy atom. The smallest absolute Gasteiger partial charge is 0.255 e. The fourth-order valence-electron chi connectivity index (χ4n) is 1.63. The van der Waals surface area contributed by atoms with Crippen molar-refractivity contribution in [2.45, 2.75) is 25.7 Å². The summed E-state index contributed by atoms with van der Waals surface area (Å²) in [6.45, 7) is 0.489. The molecule has 0 saturated heterocycles. The van der Waals surface area contributed by atoms with Crippen LogP contribution in [0, 0.1) is 11.7 Å². The third kappa shape index (κ3) is 2.57. The molecule has 0 bridgehead atoms. The zero-order valence-electron chi connectivity index (χ0n) is 8.95. The summed E-state index contributed by atoms with van der Waals surface area (Å²) in [5, 5.41) is 0. The van der Waals surface area contributed by atoms with Crippen molar-refractivity contribution in [3.63, 3.8) is 0 Å². The van der Waals surface area contributed by atoms with Crippen LogP contribution in [0.3, 0.4) is 0 Å². The van der Waals surface area contributed by atoms with Crippen molar-refractivity contribution < 1.29 is 9.13 Å². The average molecular weight is 226 g/mol. The van der Waals surface area contributed by atoms with Crippen LogP contribution in [0.25, 0.3) is 0 Å². The Hall–Kier alpha value is -1.43. The Bertz CT molecular complexity index is 357. The van der Waals surface area contributed by atoms with Crippen LogP contribution in [0.15, 0.2) is 6.20 Å². The van der Waals surface area contributed by atoms with E-state index < -0.39 is 5.82 Å². The van der Waals surface area contributed by atoms with Gasteiger partial charge in [0.05, 0.1) is 12.8 Å². The molecule has 0 spiro atoms. The second-order valence-electron chi connectivity index (χ2n) is 3.93. The van der Waals surface area contributed by atoms with Gasteiger partial charge in [-0.3, -0.25) is 5.43 Å². The first-order chi connectivity index (χ1) is 7.79. The highest BCUT2D eigenvalue weighted by atomic mass is 19.1. The van der Waals surface area contributed by atoms with Crippen LogP contribution < -0.4 is 16.0 Å². The Kier molecular flexibility index (Phi) is 3.51. The average Bonchev–Trinajstić information content (AvgIpc) is 2.24. The maximum Gasteiger partial charge on any atom is 0.255 e. The summed E-state index contributed by atoms with van der Waals surface area (Å²) in [6.07, 6.45) is 5.81. The summed E-state index contributed by atoms with van der Waals surface area (Å²) in [7, 11) is 0. The van der Waals surface area contributed by atoms with E-state index in [1.807, 2.05) is 0 Å². The number of nitrogens with two attached hydrogens (primary N) is 1. The highest BCUT2D eigenvalue weighted by Gasteiger charge is 2.17. The lowest BCUT2D eigenvalue weighted by molar-refractivity contribution is 0.211. The summed E-state index contributed by atoms with van der Waals surface area (Å²) >= 11 is 0. The van der Waals surface area contributed by atoms with Crippen LogP contribution in [0.2, 0.25) is 0 Å². The number of hydrogen-bond donors (Lipinski definition) is 2. The van der Waals surface area contributed by atoms with Crippen molar-refractivity contribution >= 4 is 5.95 Å². The molecule has 1 aliphatic rings. The lowest BCUT2D eigenvalue weighted by Crippen LogP contribution is -2.16. The molecule has 0 aliphatic heterocycles. The molecule has 6 heteroatoms. The molecule has 1 saturated carbocycles. The van der Waals surface area contributed by atoms with Crippen molar-refractivity contribution in [2.75, 3.05) is 12.0 Å². The molecule has 3 N–H and O–H groups in total. The van der Waals surface area contributed by atoms with Crippen LogP contribution in [0.5, 0.6) is 5.88 Å². The van der Waals surface area contributed by atoms with Crippen LogP contribution in [0.4, 0.5) is 10.3 Å². The molecule has 1 heterocycles. The lowest BCUT2D eigenvalue weighted by Gasteiger charge is -2.24. The summed E-state index contributed by atoms with van der Waals surface area (Å²) in [5.41, 5.74) is 2.25. The van der Waals surface area contributed by atoms with Gasteiger partial charge in [0.2, 0.25) is 11.8 Å². The summed E-state index contributed by atoms with van der Waals surface area (Å²) in [4.78, 5) is 7.41. The van der Waals surface area contributed by atoms with Gasteiger partial charge in [-0.2, -0.15) is 9.37 Å².